The van der Waals surface area contributed by atoms with Crippen LogP contribution in [0.4, 0.5) is 5.69 Å². The van der Waals surface area contributed by atoms with Crippen LogP contribution in [0.5, 0.6) is 5.75 Å². The zero-order chi connectivity index (χ0) is 24.9. The van der Waals surface area contributed by atoms with Crippen molar-refractivity contribution >= 4 is 17.5 Å². The Labute approximate surface area is 205 Å². The predicted molar refractivity (Wildman–Crippen MR) is 133 cm³/mol. The maximum Gasteiger partial charge on any atom is 0.251 e. The van der Waals surface area contributed by atoms with Crippen LogP contribution in [-0.2, 0) is 16.1 Å². The fourth-order valence-electron chi connectivity index (χ4n) is 4.38. The molecule has 4 rings (SSSR count). The van der Waals surface area contributed by atoms with Gasteiger partial charge in [-0.05, 0) is 56.5 Å². The highest BCUT2D eigenvalue weighted by atomic mass is 16.5. The molecule has 9 nitrogen and oxygen atoms in total. The molecule has 3 aromatic rings. The molecular formula is C26H32N6O3. The van der Waals surface area contributed by atoms with Crippen molar-refractivity contribution in [3.63, 3.8) is 0 Å². The van der Waals surface area contributed by atoms with Gasteiger partial charge in [-0.15, -0.1) is 10.2 Å². The van der Waals surface area contributed by atoms with Gasteiger partial charge in [0.05, 0.1) is 12.8 Å². The Kier molecular flexibility index (Phi) is 7.43. The Morgan fingerprint density at radius 3 is 2.49 bits per heavy atom. The summed E-state index contributed by atoms with van der Waals surface area (Å²) >= 11 is 0. The smallest absolute Gasteiger partial charge is 0.251 e. The molecule has 1 unspecified atom stereocenters. The Balaban J connectivity index is 1.60. The van der Waals surface area contributed by atoms with E-state index < -0.39 is 6.04 Å². The van der Waals surface area contributed by atoms with Gasteiger partial charge < -0.3 is 10.1 Å². The first-order valence-electron chi connectivity index (χ1n) is 12.0. The normalized spacial score (nSPS) is 14.5. The number of carbonyl (C=O) groups excluding carboxylic acids is 2. The van der Waals surface area contributed by atoms with Crippen LogP contribution in [0.15, 0.2) is 42.5 Å². The van der Waals surface area contributed by atoms with E-state index in [1.54, 1.807) is 20.1 Å². The Morgan fingerprint density at radius 2 is 1.80 bits per heavy atom. The quantitative estimate of drug-likeness (QED) is 0.534. The van der Waals surface area contributed by atoms with E-state index in [1.165, 1.54) is 9.70 Å². The Hall–Kier alpha value is -3.75. The van der Waals surface area contributed by atoms with Crippen molar-refractivity contribution in [3.05, 3.63) is 53.6 Å². The topological polar surface area (TPSA) is 102 Å². The number of anilines is 1. The van der Waals surface area contributed by atoms with Crippen LogP contribution in [0.3, 0.4) is 0 Å². The monoisotopic (exact) mass is 476 g/mol. The summed E-state index contributed by atoms with van der Waals surface area (Å²) in [7, 11) is 1.55. The molecular weight excluding hydrogens is 444 g/mol. The molecule has 2 aromatic carbocycles. The molecule has 1 saturated carbocycles. The average Bonchev–Trinajstić information content (AvgIpc) is 3.52. The number of nitrogens with zero attached hydrogens (tertiary/aromatic N) is 5. The number of tetrazole rings is 1. The highest BCUT2D eigenvalue weighted by molar-refractivity contribution is 6.01. The molecule has 1 aromatic heterocycles. The third kappa shape index (κ3) is 5.67. The molecule has 0 radical (unpaired) electrons. The second-order valence-electron chi connectivity index (χ2n) is 9.11. The lowest BCUT2D eigenvalue weighted by Crippen LogP contribution is -2.51. The number of carbonyl (C=O) groups is 2. The summed E-state index contributed by atoms with van der Waals surface area (Å²) in [6.45, 7) is 5.50. The van der Waals surface area contributed by atoms with Crippen molar-refractivity contribution in [2.24, 2.45) is 0 Å². The summed E-state index contributed by atoms with van der Waals surface area (Å²) in [6.07, 6.45) is 4.14. The van der Waals surface area contributed by atoms with E-state index in [-0.39, 0.29) is 24.4 Å². The molecule has 0 aliphatic heterocycles. The number of methoxy groups -OCH3 is 1. The highest BCUT2D eigenvalue weighted by Crippen LogP contribution is 2.31. The Morgan fingerprint density at radius 1 is 1.11 bits per heavy atom. The molecule has 1 aliphatic carbocycles. The molecule has 0 bridgehead atoms. The molecule has 1 aliphatic rings. The first kappa shape index (κ1) is 24.4. The summed E-state index contributed by atoms with van der Waals surface area (Å²) in [5.41, 5.74) is 3.42. The van der Waals surface area contributed by atoms with Gasteiger partial charge in [0, 0.05) is 11.6 Å². The maximum absolute atomic E-state index is 13.6. The molecule has 9 heteroatoms. The highest BCUT2D eigenvalue weighted by Gasteiger charge is 2.32. The predicted octanol–water partition coefficient (Wildman–Crippen LogP) is 3.45. The van der Waals surface area contributed by atoms with Gasteiger partial charge in [0.15, 0.2) is 0 Å². The van der Waals surface area contributed by atoms with Crippen LogP contribution in [0.2, 0.25) is 0 Å². The minimum Gasteiger partial charge on any atom is -0.495 e. The zero-order valence-corrected chi connectivity index (χ0v) is 20.7. The lowest BCUT2D eigenvalue weighted by atomic mass is 10.1. The summed E-state index contributed by atoms with van der Waals surface area (Å²) in [4.78, 5) is 29.5. The molecule has 1 fully saturated rings. The van der Waals surface area contributed by atoms with Crippen LogP contribution in [0, 0.1) is 13.8 Å². The van der Waals surface area contributed by atoms with Crippen LogP contribution in [-0.4, -0.2) is 51.2 Å². The van der Waals surface area contributed by atoms with Crippen molar-refractivity contribution in [1.82, 2.24) is 25.5 Å². The largest absolute Gasteiger partial charge is 0.495 e. The third-order valence-electron chi connectivity index (χ3n) is 6.37. The lowest BCUT2D eigenvalue weighted by Gasteiger charge is -2.30. The van der Waals surface area contributed by atoms with Crippen LogP contribution < -0.4 is 15.0 Å². The SMILES string of the molecule is COc1ccc(C)cc1N(C(=O)Cn1nnc(-c2ccc(C)cc2)n1)C(C)C(=O)NC1CCCC1. The van der Waals surface area contributed by atoms with Gasteiger partial charge in [-0.2, -0.15) is 4.80 Å². The number of aromatic nitrogens is 4. The van der Waals surface area contributed by atoms with Crippen molar-refractivity contribution in [2.75, 3.05) is 12.0 Å². The van der Waals surface area contributed by atoms with E-state index in [0.717, 1.165) is 42.4 Å². The number of hydrogen-bond donors (Lipinski definition) is 1. The second kappa shape index (κ2) is 10.7. The van der Waals surface area contributed by atoms with Gasteiger partial charge >= 0.3 is 0 Å². The molecule has 1 N–H and O–H groups in total. The van der Waals surface area contributed by atoms with Gasteiger partial charge in [-0.25, -0.2) is 0 Å². The van der Waals surface area contributed by atoms with Crippen LogP contribution in [0.1, 0.15) is 43.7 Å². The standard InChI is InChI=1S/C26H32N6O3/c1-17-9-12-20(13-10-17)25-28-30-31(29-25)16-24(33)32(22-15-18(2)11-14-23(22)35-4)19(3)26(34)27-21-7-5-6-8-21/h9-15,19,21H,5-8,16H2,1-4H3,(H,27,34). The number of nitrogens with one attached hydrogen (secondary N) is 1. The van der Waals surface area contributed by atoms with Crippen molar-refractivity contribution in [3.8, 4) is 17.1 Å². The molecule has 1 heterocycles. The van der Waals surface area contributed by atoms with Gasteiger partial charge in [0.1, 0.15) is 18.3 Å². The van der Waals surface area contributed by atoms with Crippen LogP contribution >= 0.6 is 0 Å². The second-order valence-corrected chi connectivity index (χ2v) is 9.11. The number of ether oxygens (including phenoxy) is 1. The summed E-state index contributed by atoms with van der Waals surface area (Å²) in [6, 6.07) is 12.7. The first-order chi connectivity index (χ1) is 16.9. The number of hydrogen-bond acceptors (Lipinski definition) is 6. The van der Waals surface area contributed by atoms with Crippen molar-refractivity contribution in [1.29, 1.82) is 0 Å². The van der Waals surface area contributed by atoms with Gasteiger partial charge in [-0.3, -0.25) is 14.5 Å². The Bertz CT molecular complexity index is 1180. The fraction of sp³-hybridized carbons (Fsp3) is 0.423. The van der Waals surface area contributed by atoms with E-state index in [9.17, 15) is 9.59 Å². The minimum absolute atomic E-state index is 0.148. The minimum atomic E-state index is -0.751. The molecule has 35 heavy (non-hydrogen) atoms. The van der Waals surface area contributed by atoms with Gasteiger partial charge in [0.25, 0.3) is 5.91 Å². The van der Waals surface area contributed by atoms with Gasteiger partial charge in [-0.1, -0.05) is 48.7 Å². The number of amides is 2. The number of aryl methyl sites for hydroxylation is 2. The van der Waals surface area contributed by atoms with Crippen molar-refractivity contribution in [2.45, 2.75) is 65.1 Å². The summed E-state index contributed by atoms with van der Waals surface area (Å²) < 4.78 is 5.54. The summed E-state index contributed by atoms with van der Waals surface area (Å²) in [5.74, 6) is 0.414. The van der Waals surface area contributed by atoms with E-state index in [0.29, 0.717) is 17.3 Å². The summed E-state index contributed by atoms with van der Waals surface area (Å²) in [5, 5.41) is 15.7. The zero-order valence-electron chi connectivity index (χ0n) is 20.7. The van der Waals surface area contributed by atoms with E-state index in [1.807, 2.05) is 50.2 Å². The molecule has 0 saturated heterocycles. The molecule has 1 atom stereocenters. The fourth-order valence-corrected chi connectivity index (χ4v) is 4.38. The lowest BCUT2D eigenvalue weighted by molar-refractivity contribution is -0.127. The van der Waals surface area contributed by atoms with Crippen LogP contribution in [0.25, 0.3) is 11.4 Å². The first-order valence-corrected chi connectivity index (χ1v) is 12.0. The third-order valence-corrected chi connectivity index (χ3v) is 6.37. The average molecular weight is 477 g/mol. The number of rotatable bonds is 8. The van der Waals surface area contributed by atoms with E-state index in [4.69, 9.17) is 4.74 Å². The van der Waals surface area contributed by atoms with Crippen molar-refractivity contribution < 1.29 is 14.3 Å². The van der Waals surface area contributed by atoms with Gasteiger partial charge in [0.2, 0.25) is 11.7 Å². The van der Waals surface area contributed by atoms with E-state index >= 15 is 0 Å². The van der Waals surface area contributed by atoms with E-state index in [2.05, 4.69) is 20.7 Å². The molecule has 0 spiro atoms. The molecule has 184 valence electrons. The maximum atomic E-state index is 13.6. The molecule has 2 amide bonds. The number of benzene rings is 2.